The Bertz CT molecular complexity index is 1400. The molecule has 38 heavy (non-hydrogen) atoms. The minimum Gasteiger partial charge on any atom is -0.205 e. The van der Waals surface area contributed by atoms with Crippen LogP contribution in [0.15, 0.2) is 91.0 Å². The molecule has 0 saturated carbocycles. The third-order valence-corrected chi connectivity index (χ3v) is 7.19. The van der Waals surface area contributed by atoms with Gasteiger partial charge in [0.2, 0.25) is 0 Å². The number of halogens is 1. The van der Waals surface area contributed by atoms with Crippen LogP contribution in [0.3, 0.4) is 0 Å². The minimum atomic E-state index is -0.237. The molecule has 0 aromatic heterocycles. The van der Waals surface area contributed by atoms with Crippen molar-refractivity contribution in [2.24, 2.45) is 0 Å². The highest BCUT2D eigenvalue weighted by Crippen LogP contribution is 2.23. The first-order chi connectivity index (χ1) is 18.7. The van der Waals surface area contributed by atoms with E-state index in [-0.39, 0.29) is 5.82 Å². The first-order valence-electron chi connectivity index (χ1n) is 14.2. The smallest absolute Gasteiger partial charge is 0.146 e. The van der Waals surface area contributed by atoms with Crippen LogP contribution >= 0.6 is 0 Å². The first-order valence-corrected chi connectivity index (χ1v) is 14.2. The number of benzene rings is 4. The van der Waals surface area contributed by atoms with Crippen LogP contribution in [0.4, 0.5) is 4.39 Å². The fraction of sp³-hybridized carbons (Fsp3) is 0.297. The van der Waals surface area contributed by atoms with Crippen LogP contribution in [0.1, 0.15) is 79.3 Å². The molecule has 4 aromatic rings. The van der Waals surface area contributed by atoms with Crippen molar-refractivity contribution in [3.8, 4) is 11.8 Å². The van der Waals surface area contributed by atoms with Crippen molar-refractivity contribution in [3.05, 3.63) is 130 Å². The van der Waals surface area contributed by atoms with E-state index < -0.39 is 0 Å². The van der Waals surface area contributed by atoms with Crippen LogP contribution < -0.4 is 0 Å². The summed E-state index contributed by atoms with van der Waals surface area (Å²) in [5.74, 6) is 5.96. The van der Waals surface area contributed by atoms with Crippen molar-refractivity contribution in [2.45, 2.75) is 71.6 Å². The zero-order chi connectivity index (χ0) is 26.6. The molecule has 0 nitrogen and oxygen atoms in total. The predicted molar refractivity (Wildman–Crippen MR) is 161 cm³/mol. The second-order valence-corrected chi connectivity index (χ2v) is 10.2. The maximum Gasteiger partial charge on any atom is 0.146 e. The summed E-state index contributed by atoms with van der Waals surface area (Å²) in [6, 6.07) is 27.2. The summed E-state index contributed by atoms with van der Waals surface area (Å²) in [5, 5.41) is 1.56. The van der Waals surface area contributed by atoms with Gasteiger partial charge in [-0.05, 0) is 91.3 Å². The van der Waals surface area contributed by atoms with E-state index in [0.717, 1.165) is 36.6 Å². The van der Waals surface area contributed by atoms with Gasteiger partial charge in [-0.25, -0.2) is 4.39 Å². The molecule has 0 fully saturated rings. The molecular weight excluding hydrogens is 463 g/mol. The summed E-state index contributed by atoms with van der Waals surface area (Å²) in [6.45, 7) is 4.29. The fourth-order valence-corrected chi connectivity index (χ4v) is 4.82. The molecule has 0 aliphatic heterocycles. The Morgan fingerprint density at radius 1 is 0.658 bits per heavy atom. The highest BCUT2D eigenvalue weighted by atomic mass is 19.1. The molecule has 0 aliphatic rings. The lowest BCUT2D eigenvalue weighted by Crippen LogP contribution is -1.93. The van der Waals surface area contributed by atoms with Gasteiger partial charge in [0.15, 0.2) is 0 Å². The summed E-state index contributed by atoms with van der Waals surface area (Å²) < 4.78 is 15.1. The number of unbranched alkanes of at least 4 members (excludes halogenated alkanes) is 3. The third-order valence-electron chi connectivity index (χ3n) is 7.19. The third kappa shape index (κ3) is 7.93. The van der Waals surface area contributed by atoms with E-state index in [1.54, 1.807) is 6.07 Å². The lowest BCUT2D eigenvalue weighted by molar-refractivity contribution is 0.636. The number of allylic oxidation sites excluding steroid dienone is 2. The van der Waals surface area contributed by atoms with Crippen molar-refractivity contribution in [2.75, 3.05) is 0 Å². The summed E-state index contributed by atoms with van der Waals surface area (Å²) in [7, 11) is 0. The molecule has 0 bridgehead atoms. The van der Waals surface area contributed by atoms with Gasteiger partial charge in [0, 0.05) is 10.9 Å². The average Bonchev–Trinajstić information content (AvgIpc) is 2.95. The molecule has 0 N–H and O–H groups in total. The summed E-state index contributed by atoms with van der Waals surface area (Å²) >= 11 is 0. The van der Waals surface area contributed by atoms with Crippen LogP contribution in [0.5, 0.6) is 0 Å². The molecule has 0 radical (unpaired) electrons. The number of hydrogen-bond acceptors (Lipinski definition) is 0. The van der Waals surface area contributed by atoms with Crippen LogP contribution in [0, 0.1) is 17.7 Å². The van der Waals surface area contributed by atoms with Gasteiger partial charge >= 0.3 is 0 Å². The summed E-state index contributed by atoms with van der Waals surface area (Å²) in [5.41, 5.74) is 6.69. The summed E-state index contributed by atoms with van der Waals surface area (Å²) in [4.78, 5) is 0. The van der Waals surface area contributed by atoms with Crippen molar-refractivity contribution in [3.63, 3.8) is 0 Å². The molecule has 0 unspecified atom stereocenters. The molecule has 194 valence electrons. The fourth-order valence-electron chi connectivity index (χ4n) is 4.82. The maximum atomic E-state index is 15.1. The Morgan fingerprint density at radius 2 is 1.32 bits per heavy atom. The second kappa shape index (κ2) is 14.3. The van der Waals surface area contributed by atoms with E-state index in [4.69, 9.17) is 0 Å². The minimum absolute atomic E-state index is 0.237. The molecule has 0 heterocycles. The highest BCUT2D eigenvalue weighted by Gasteiger charge is 2.06. The lowest BCUT2D eigenvalue weighted by Gasteiger charge is -2.06. The standard InChI is InChI=1S/C37H39F/c1-3-5-7-9-10-29-12-14-30(15-13-29)16-17-31-18-20-32(21-19-31)22-24-34-25-26-35-28-33(11-8-6-4-2)23-27-36(35)37(34)38/h4,6,12-15,18-21,23,25-28H,3,5,7-11,16-17H2,1-2H3/b6-4+. The number of rotatable bonds is 11. The Morgan fingerprint density at radius 3 is 2.00 bits per heavy atom. The second-order valence-electron chi connectivity index (χ2n) is 10.2. The Hall–Kier alpha value is -3.63. The van der Waals surface area contributed by atoms with Gasteiger partial charge in [0.05, 0.1) is 5.56 Å². The van der Waals surface area contributed by atoms with E-state index >= 15 is 4.39 Å². The molecule has 0 spiro atoms. The van der Waals surface area contributed by atoms with Gasteiger partial charge < -0.3 is 0 Å². The zero-order valence-corrected chi connectivity index (χ0v) is 22.9. The van der Waals surface area contributed by atoms with Crippen LogP contribution in [-0.4, -0.2) is 0 Å². The van der Waals surface area contributed by atoms with Gasteiger partial charge in [-0.3, -0.25) is 0 Å². The molecular formula is C37H39F. The van der Waals surface area contributed by atoms with Gasteiger partial charge in [-0.1, -0.05) is 111 Å². The molecule has 0 aliphatic carbocycles. The largest absolute Gasteiger partial charge is 0.205 e. The van der Waals surface area contributed by atoms with Gasteiger partial charge in [-0.2, -0.15) is 0 Å². The van der Waals surface area contributed by atoms with Gasteiger partial charge in [0.25, 0.3) is 0 Å². The maximum absolute atomic E-state index is 15.1. The Labute approximate surface area is 228 Å². The van der Waals surface area contributed by atoms with E-state index in [1.165, 1.54) is 54.4 Å². The SMILES string of the molecule is C/C=C/CCc1ccc2c(F)c(C#Cc3ccc(CCc4ccc(CCCCCC)cc4)cc3)ccc2c1. The van der Waals surface area contributed by atoms with Crippen LogP contribution in [0.2, 0.25) is 0 Å². The average molecular weight is 503 g/mol. The van der Waals surface area contributed by atoms with E-state index in [0.29, 0.717) is 10.9 Å². The van der Waals surface area contributed by atoms with Crippen molar-refractivity contribution in [1.29, 1.82) is 0 Å². The molecule has 0 atom stereocenters. The lowest BCUT2D eigenvalue weighted by atomic mass is 10.00. The van der Waals surface area contributed by atoms with E-state index in [1.807, 2.05) is 37.3 Å². The molecule has 0 amide bonds. The van der Waals surface area contributed by atoms with Crippen LogP contribution in [-0.2, 0) is 25.7 Å². The number of aryl methyl sites for hydroxylation is 4. The zero-order valence-electron chi connectivity index (χ0n) is 22.9. The van der Waals surface area contributed by atoms with Crippen molar-refractivity contribution in [1.82, 2.24) is 0 Å². The van der Waals surface area contributed by atoms with Crippen LogP contribution in [0.25, 0.3) is 10.8 Å². The quantitative estimate of drug-likeness (QED) is 0.109. The molecule has 4 aromatic carbocycles. The van der Waals surface area contributed by atoms with E-state index in [9.17, 15) is 0 Å². The van der Waals surface area contributed by atoms with Crippen molar-refractivity contribution >= 4 is 10.8 Å². The van der Waals surface area contributed by atoms with Gasteiger partial charge in [-0.15, -0.1) is 0 Å². The molecule has 1 heteroatoms. The van der Waals surface area contributed by atoms with Gasteiger partial charge in [0.1, 0.15) is 5.82 Å². The number of hydrogen-bond donors (Lipinski definition) is 0. The topological polar surface area (TPSA) is 0 Å². The highest BCUT2D eigenvalue weighted by molar-refractivity contribution is 5.85. The van der Waals surface area contributed by atoms with Crippen molar-refractivity contribution < 1.29 is 4.39 Å². The number of fused-ring (bicyclic) bond motifs is 1. The van der Waals surface area contributed by atoms with E-state index in [2.05, 4.69) is 73.4 Å². The molecule has 0 saturated heterocycles. The Kier molecular flexibility index (Phi) is 10.3. The monoisotopic (exact) mass is 502 g/mol. The normalized spacial score (nSPS) is 11.1. The summed E-state index contributed by atoms with van der Waals surface area (Å²) in [6.07, 6.45) is 14.6. The predicted octanol–water partition coefficient (Wildman–Crippen LogP) is 9.80. The molecule has 4 rings (SSSR count). The Balaban J connectivity index is 1.33. The first kappa shape index (κ1) is 27.4.